The Morgan fingerprint density at radius 2 is 2.04 bits per heavy atom. The van der Waals surface area contributed by atoms with Crippen LogP contribution in [0, 0.1) is 5.92 Å². The van der Waals surface area contributed by atoms with Crippen molar-refractivity contribution in [2.24, 2.45) is 5.92 Å². The summed E-state index contributed by atoms with van der Waals surface area (Å²) in [6.07, 6.45) is 0.979. The van der Waals surface area contributed by atoms with Gasteiger partial charge in [-0.3, -0.25) is 4.79 Å². The second kappa shape index (κ2) is 7.06. The van der Waals surface area contributed by atoms with Gasteiger partial charge in [-0.2, -0.15) is 0 Å². The quantitative estimate of drug-likeness (QED) is 0.886. The van der Waals surface area contributed by atoms with E-state index in [1.165, 1.54) is 11.3 Å². The molecule has 0 bridgehead atoms. The third-order valence-corrected chi connectivity index (χ3v) is 5.89. The molecule has 2 atom stereocenters. The summed E-state index contributed by atoms with van der Waals surface area (Å²) in [7, 11) is 0. The van der Waals surface area contributed by atoms with Gasteiger partial charge in [-0.25, -0.2) is 0 Å². The summed E-state index contributed by atoms with van der Waals surface area (Å²) in [5.41, 5.74) is 1.04. The first kappa shape index (κ1) is 16.4. The van der Waals surface area contributed by atoms with Gasteiger partial charge < -0.3 is 20.1 Å². The lowest BCUT2D eigenvalue weighted by Gasteiger charge is -2.30. The van der Waals surface area contributed by atoms with Crippen molar-refractivity contribution in [1.29, 1.82) is 0 Å². The van der Waals surface area contributed by atoms with Gasteiger partial charge in [-0.1, -0.05) is 6.92 Å². The molecule has 0 aliphatic carbocycles. The average Bonchev–Trinajstić information content (AvgIpc) is 3.13. The zero-order valence-corrected chi connectivity index (χ0v) is 15.0. The number of carbonyl (C=O) groups is 1. The third kappa shape index (κ3) is 3.50. The SMILES string of the molecule is CC1CNCCC1NC(=O)c1ccc(-c2ccc3c(c2)OCCO3)s1. The van der Waals surface area contributed by atoms with Crippen LogP contribution in [0.4, 0.5) is 0 Å². The summed E-state index contributed by atoms with van der Waals surface area (Å²) in [5.74, 6) is 2.03. The van der Waals surface area contributed by atoms with E-state index < -0.39 is 0 Å². The lowest BCUT2D eigenvalue weighted by atomic mass is 9.95. The number of ether oxygens (including phenoxy) is 2. The highest BCUT2D eigenvalue weighted by Gasteiger charge is 2.23. The van der Waals surface area contributed by atoms with Gasteiger partial charge in [0.2, 0.25) is 0 Å². The van der Waals surface area contributed by atoms with Gasteiger partial charge in [0.15, 0.2) is 11.5 Å². The molecule has 2 unspecified atom stereocenters. The van der Waals surface area contributed by atoms with Crippen molar-refractivity contribution in [3.63, 3.8) is 0 Å². The van der Waals surface area contributed by atoms with Crippen molar-refractivity contribution >= 4 is 17.2 Å². The highest BCUT2D eigenvalue weighted by Crippen LogP contribution is 2.36. The van der Waals surface area contributed by atoms with E-state index in [9.17, 15) is 4.79 Å². The summed E-state index contributed by atoms with van der Waals surface area (Å²) in [5, 5.41) is 6.54. The highest BCUT2D eigenvalue weighted by atomic mass is 32.1. The first-order valence-corrected chi connectivity index (χ1v) is 9.54. The molecular weight excluding hydrogens is 336 g/mol. The topological polar surface area (TPSA) is 59.6 Å². The molecule has 5 nitrogen and oxygen atoms in total. The van der Waals surface area contributed by atoms with Crippen LogP contribution in [0.15, 0.2) is 30.3 Å². The van der Waals surface area contributed by atoms with Gasteiger partial charge in [-0.05, 0) is 61.3 Å². The van der Waals surface area contributed by atoms with Crippen molar-refractivity contribution in [3.05, 3.63) is 35.2 Å². The Labute approximate surface area is 151 Å². The van der Waals surface area contributed by atoms with Crippen molar-refractivity contribution in [2.75, 3.05) is 26.3 Å². The molecule has 2 aromatic rings. The van der Waals surface area contributed by atoms with E-state index in [1.807, 2.05) is 30.3 Å². The van der Waals surface area contributed by atoms with E-state index in [4.69, 9.17) is 9.47 Å². The van der Waals surface area contributed by atoms with Crippen LogP contribution in [0.5, 0.6) is 11.5 Å². The molecule has 1 amide bonds. The first-order chi connectivity index (χ1) is 12.2. The molecule has 2 aliphatic rings. The normalized spacial score (nSPS) is 22.4. The number of fused-ring (bicyclic) bond motifs is 1. The van der Waals surface area contributed by atoms with Crippen molar-refractivity contribution in [1.82, 2.24) is 10.6 Å². The van der Waals surface area contributed by atoms with Gasteiger partial charge >= 0.3 is 0 Å². The van der Waals surface area contributed by atoms with Crippen molar-refractivity contribution in [2.45, 2.75) is 19.4 Å². The average molecular weight is 358 g/mol. The molecule has 1 aromatic carbocycles. The van der Waals surface area contributed by atoms with Gasteiger partial charge in [0.05, 0.1) is 4.88 Å². The summed E-state index contributed by atoms with van der Waals surface area (Å²) >= 11 is 1.51. The minimum Gasteiger partial charge on any atom is -0.486 e. The number of benzene rings is 1. The van der Waals surface area contributed by atoms with E-state index >= 15 is 0 Å². The van der Waals surface area contributed by atoms with Crippen LogP contribution in [0.25, 0.3) is 10.4 Å². The number of thiophene rings is 1. The maximum absolute atomic E-state index is 12.6. The summed E-state index contributed by atoms with van der Waals surface area (Å²) in [4.78, 5) is 14.4. The fraction of sp³-hybridized carbons (Fsp3) is 0.421. The smallest absolute Gasteiger partial charge is 0.261 e. The van der Waals surface area contributed by atoms with E-state index in [0.29, 0.717) is 19.1 Å². The largest absolute Gasteiger partial charge is 0.486 e. The Hall–Kier alpha value is -2.05. The number of nitrogens with one attached hydrogen (secondary N) is 2. The van der Waals surface area contributed by atoms with Crippen molar-refractivity contribution in [3.8, 4) is 21.9 Å². The molecule has 0 spiro atoms. The minimum absolute atomic E-state index is 0.0209. The van der Waals surface area contributed by atoms with Crippen LogP contribution in [0.2, 0.25) is 0 Å². The maximum atomic E-state index is 12.6. The number of hydrogen-bond acceptors (Lipinski definition) is 5. The molecule has 0 saturated carbocycles. The Bertz CT molecular complexity index is 774. The van der Waals surface area contributed by atoms with Crippen LogP contribution in [-0.2, 0) is 0 Å². The summed E-state index contributed by atoms with van der Waals surface area (Å²) in [6.45, 7) is 5.25. The highest BCUT2D eigenvalue weighted by molar-refractivity contribution is 7.17. The Morgan fingerprint density at radius 1 is 1.20 bits per heavy atom. The molecule has 6 heteroatoms. The van der Waals surface area contributed by atoms with Crippen LogP contribution in [0.3, 0.4) is 0 Å². The molecule has 0 radical (unpaired) electrons. The molecule has 132 valence electrons. The fourth-order valence-corrected chi connectivity index (χ4v) is 4.19. The van der Waals surface area contributed by atoms with E-state index in [1.54, 1.807) is 0 Å². The maximum Gasteiger partial charge on any atom is 0.261 e. The molecule has 2 aliphatic heterocycles. The van der Waals surface area contributed by atoms with Crippen LogP contribution < -0.4 is 20.1 Å². The predicted molar refractivity (Wildman–Crippen MR) is 98.6 cm³/mol. The number of hydrogen-bond donors (Lipinski definition) is 2. The molecule has 4 rings (SSSR count). The fourth-order valence-electron chi connectivity index (χ4n) is 3.28. The zero-order chi connectivity index (χ0) is 17.2. The predicted octanol–water partition coefficient (Wildman–Crippen LogP) is 2.91. The van der Waals surface area contributed by atoms with Gasteiger partial charge in [0.25, 0.3) is 5.91 Å². The molecule has 1 fully saturated rings. The van der Waals surface area contributed by atoms with Crippen LogP contribution >= 0.6 is 11.3 Å². The minimum atomic E-state index is 0.0209. The Morgan fingerprint density at radius 3 is 2.88 bits per heavy atom. The van der Waals surface area contributed by atoms with Crippen LogP contribution in [-0.4, -0.2) is 38.3 Å². The van der Waals surface area contributed by atoms with E-state index in [0.717, 1.165) is 46.3 Å². The molecule has 3 heterocycles. The summed E-state index contributed by atoms with van der Waals surface area (Å²) < 4.78 is 11.2. The third-order valence-electron chi connectivity index (χ3n) is 4.76. The second-order valence-corrected chi connectivity index (χ2v) is 7.66. The molecule has 1 aromatic heterocycles. The molecule has 25 heavy (non-hydrogen) atoms. The van der Waals surface area contributed by atoms with Crippen molar-refractivity contribution < 1.29 is 14.3 Å². The lowest BCUT2D eigenvalue weighted by Crippen LogP contribution is -2.48. The van der Waals surface area contributed by atoms with Crippen LogP contribution in [0.1, 0.15) is 23.0 Å². The van der Waals surface area contributed by atoms with Gasteiger partial charge in [-0.15, -0.1) is 11.3 Å². The summed E-state index contributed by atoms with van der Waals surface area (Å²) in [6, 6.07) is 10.1. The Balaban J connectivity index is 1.49. The standard InChI is InChI=1S/C19H22N2O3S/c1-12-11-20-7-6-14(12)21-19(22)18-5-4-17(25-18)13-2-3-15-16(10-13)24-9-8-23-15/h2-5,10,12,14,20H,6-9,11H2,1H3,(H,21,22). The van der Waals surface area contributed by atoms with Gasteiger partial charge in [0.1, 0.15) is 13.2 Å². The molecule has 2 N–H and O–H groups in total. The zero-order valence-electron chi connectivity index (χ0n) is 14.2. The molecule has 1 saturated heterocycles. The molecular formula is C19H22N2O3S. The second-order valence-electron chi connectivity index (χ2n) is 6.57. The monoisotopic (exact) mass is 358 g/mol. The lowest BCUT2D eigenvalue weighted by molar-refractivity contribution is 0.0918. The number of piperidine rings is 1. The number of rotatable bonds is 3. The number of carbonyl (C=O) groups excluding carboxylic acids is 1. The first-order valence-electron chi connectivity index (χ1n) is 8.72. The van der Waals surface area contributed by atoms with Gasteiger partial charge in [0, 0.05) is 10.9 Å². The van der Waals surface area contributed by atoms with E-state index in [2.05, 4.69) is 17.6 Å². The Kier molecular flexibility index (Phi) is 4.63. The van der Waals surface area contributed by atoms with E-state index in [-0.39, 0.29) is 11.9 Å². The number of amides is 1.